The summed E-state index contributed by atoms with van der Waals surface area (Å²) in [5, 5.41) is 6.38. The molecule has 39 heavy (non-hydrogen) atoms. The maximum absolute atomic E-state index is 14.5. The van der Waals surface area contributed by atoms with Crippen LogP contribution in [0.15, 0.2) is 82.4 Å². The van der Waals surface area contributed by atoms with Gasteiger partial charge in [0.15, 0.2) is 0 Å². The van der Waals surface area contributed by atoms with Gasteiger partial charge in [0.05, 0.1) is 29.6 Å². The number of hydrazone groups is 1. The lowest BCUT2D eigenvalue weighted by atomic mass is 9.67. The number of rotatable bonds is 5. The first-order valence-corrected chi connectivity index (χ1v) is 14.2. The summed E-state index contributed by atoms with van der Waals surface area (Å²) in [5.74, 6) is -0.398. The van der Waals surface area contributed by atoms with Crippen molar-refractivity contribution in [1.29, 1.82) is 0 Å². The van der Waals surface area contributed by atoms with Crippen molar-refractivity contribution in [3.8, 4) is 0 Å². The first-order valence-electron chi connectivity index (χ1n) is 13.4. The van der Waals surface area contributed by atoms with E-state index in [-0.39, 0.29) is 17.9 Å². The van der Waals surface area contributed by atoms with Crippen molar-refractivity contribution < 1.29 is 14.3 Å². The van der Waals surface area contributed by atoms with Gasteiger partial charge < -0.3 is 9.64 Å². The number of halogens is 1. The number of amides is 1. The van der Waals surface area contributed by atoms with Gasteiger partial charge in [0.25, 0.3) is 5.91 Å². The molecule has 3 aliphatic rings. The van der Waals surface area contributed by atoms with Crippen LogP contribution in [-0.4, -0.2) is 54.8 Å². The van der Waals surface area contributed by atoms with Crippen molar-refractivity contribution in [1.82, 2.24) is 4.90 Å². The van der Waals surface area contributed by atoms with Gasteiger partial charge in [-0.05, 0) is 73.9 Å². The first kappa shape index (κ1) is 25.8. The maximum Gasteiger partial charge on any atom is 0.338 e. The second-order valence-corrected chi connectivity index (χ2v) is 11.3. The maximum atomic E-state index is 14.5. The minimum Gasteiger partial charge on any atom is -0.462 e. The predicted molar refractivity (Wildman–Crippen MR) is 156 cm³/mol. The average molecular weight is 588 g/mol. The highest BCUT2D eigenvalue weighted by Crippen LogP contribution is 2.48. The topological polar surface area (TPSA) is 65.5 Å². The van der Waals surface area contributed by atoms with E-state index in [2.05, 4.69) is 68.2 Å². The molecule has 1 amide bonds. The Morgan fingerprint density at radius 2 is 1.85 bits per heavy atom. The van der Waals surface area contributed by atoms with Gasteiger partial charge in [-0.25, -0.2) is 4.79 Å². The highest BCUT2D eigenvalue weighted by molar-refractivity contribution is 9.10. The summed E-state index contributed by atoms with van der Waals surface area (Å²) < 4.78 is 6.12. The van der Waals surface area contributed by atoms with Crippen molar-refractivity contribution in [3.05, 3.63) is 94.0 Å². The number of anilines is 2. The summed E-state index contributed by atoms with van der Waals surface area (Å²) in [6, 6.07) is 23.8. The standard InChI is InChI=1S/C31H31BrN4O3/c1-3-39-29(37)23-9-12-26(13-10-23)36-30(38)31(21(2)33-36)18-24-17-25(32)11-14-27(24)35-16-15-34(20-28(31)35)19-22-7-5-4-6-8-22/h4-14,17,28H,3,15-16,18-20H2,1-2H3/t28-,31-/m1/s1. The molecule has 7 nitrogen and oxygen atoms in total. The molecule has 8 heteroatoms. The molecule has 0 aliphatic carbocycles. The third-order valence-corrected chi connectivity index (χ3v) is 8.69. The summed E-state index contributed by atoms with van der Waals surface area (Å²) in [7, 11) is 0. The zero-order chi connectivity index (χ0) is 27.1. The van der Waals surface area contributed by atoms with Gasteiger partial charge in [-0.15, -0.1) is 0 Å². The van der Waals surface area contributed by atoms with Crippen LogP contribution in [-0.2, 0) is 22.5 Å². The molecular formula is C31H31BrN4O3. The molecule has 0 bridgehead atoms. The molecule has 6 rings (SSSR count). The number of fused-ring (bicyclic) bond motifs is 4. The van der Waals surface area contributed by atoms with Crippen molar-refractivity contribution in [2.45, 2.75) is 32.9 Å². The largest absolute Gasteiger partial charge is 0.462 e. The lowest BCUT2D eigenvalue weighted by Gasteiger charge is -2.53. The Bertz CT molecular complexity index is 1440. The number of hydrogen-bond acceptors (Lipinski definition) is 6. The molecular weight excluding hydrogens is 556 g/mol. The van der Waals surface area contributed by atoms with E-state index in [4.69, 9.17) is 9.84 Å². The molecule has 3 aromatic carbocycles. The van der Waals surface area contributed by atoms with Crippen LogP contribution in [0.4, 0.5) is 11.4 Å². The van der Waals surface area contributed by atoms with Crippen LogP contribution in [0.1, 0.15) is 35.3 Å². The van der Waals surface area contributed by atoms with Crippen LogP contribution in [0.3, 0.4) is 0 Å². The number of carbonyl (C=O) groups is 2. The number of hydrogen-bond donors (Lipinski definition) is 0. The summed E-state index contributed by atoms with van der Waals surface area (Å²) >= 11 is 3.64. The third-order valence-electron chi connectivity index (χ3n) is 8.20. The minimum atomic E-state index is -0.789. The molecule has 3 heterocycles. The molecule has 3 aromatic rings. The Hall–Kier alpha value is -3.49. The van der Waals surface area contributed by atoms with E-state index < -0.39 is 5.41 Å². The Labute approximate surface area is 237 Å². The molecule has 0 N–H and O–H groups in total. The predicted octanol–water partition coefficient (Wildman–Crippen LogP) is 5.28. The lowest BCUT2D eigenvalue weighted by molar-refractivity contribution is -0.125. The zero-order valence-electron chi connectivity index (χ0n) is 22.1. The summed E-state index contributed by atoms with van der Waals surface area (Å²) in [4.78, 5) is 31.5. The van der Waals surface area contributed by atoms with Crippen molar-refractivity contribution in [2.75, 3.05) is 36.1 Å². The van der Waals surface area contributed by atoms with Gasteiger partial charge in [0, 0.05) is 36.3 Å². The molecule has 2 atom stereocenters. The Kier molecular flexibility index (Phi) is 6.77. The van der Waals surface area contributed by atoms with Crippen molar-refractivity contribution >= 4 is 44.9 Å². The monoisotopic (exact) mass is 586 g/mol. The number of nitrogens with zero attached hydrogens (tertiary/aromatic N) is 4. The number of carbonyl (C=O) groups excluding carboxylic acids is 2. The highest BCUT2D eigenvalue weighted by Gasteiger charge is 2.59. The summed E-state index contributed by atoms with van der Waals surface area (Å²) in [6.45, 7) is 7.44. The third kappa shape index (κ3) is 4.45. The van der Waals surface area contributed by atoms with E-state index in [0.29, 0.717) is 24.3 Å². The molecule has 0 saturated carbocycles. The number of esters is 1. The minimum absolute atomic E-state index is 0.0222. The molecule has 1 saturated heterocycles. The quantitative estimate of drug-likeness (QED) is 0.380. The fourth-order valence-electron chi connectivity index (χ4n) is 6.27. The van der Waals surface area contributed by atoms with Gasteiger partial charge in [-0.1, -0.05) is 46.3 Å². The zero-order valence-corrected chi connectivity index (χ0v) is 23.7. The fraction of sp³-hybridized carbons (Fsp3) is 0.323. The van der Waals surface area contributed by atoms with Gasteiger partial charge in [0.1, 0.15) is 5.41 Å². The van der Waals surface area contributed by atoms with Gasteiger partial charge >= 0.3 is 5.97 Å². The second kappa shape index (κ2) is 10.2. The number of ether oxygens (including phenoxy) is 1. The van der Waals surface area contributed by atoms with E-state index in [9.17, 15) is 9.59 Å². The van der Waals surface area contributed by atoms with Gasteiger partial charge in [-0.2, -0.15) is 10.1 Å². The first-order chi connectivity index (χ1) is 18.9. The van der Waals surface area contributed by atoms with Crippen LogP contribution in [0.5, 0.6) is 0 Å². The molecule has 1 spiro atoms. The fourth-order valence-corrected chi connectivity index (χ4v) is 6.68. The second-order valence-electron chi connectivity index (χ2n) is 10.4. The average Bonchev–Trinajstić information content (AvgIpc) is 3.19. The lowest BCUT2D eigenvalue weighted by Crippen LogP contribution is -2.66. The highest BCUT2D eigenvalue weighted by atomic mass is 79.9. The molecule has 0 unspecified atom stereocenters. The van der Waals surface area contributed by atoms with E-state index in [0.717, 1.165) is 41.9 Å². The SMILES string of the molecule is CCOC(=O)c1ccc(N2N=C(C)[C@@]3(Cc4cc(Br)ccc4N4CCN(Cc5ccccc5)C[C@@H]43)C2=O)cc1. The van der Waals surface area contributed by atoms with Crippen LogP contribution in [0, 0.1) is 5.41 Å². The van der Waals surface area contributed by atoms with Crippen LogP contribution in [0.2, 0.25) is 0 Å². The molecule has 0 aromatic heterocycles. The Morgan fingerprint density at radius 3 is 2.59 bits per heavy atom. The Morgan fingerprint density at radius 1 is 1.08 bits per heavy atom. The molecule has 200 valence electrons. The summed E-state index contributed by atoms with van der Waals surface area (Å²) in [6.07, 6.45) is 0.591. The van der Waals surface area contributed by atoms with E-state index in [1.165, 1.54) is 16.3 Å². The van der Waals surface area contributed by atoms with Gasteiger partial charge in [-0.3, -0.25) is 9.69 Å². The van der Waals surface area contributed by atoms with E-state index >= 15 is 0 Å². The number of benzene rings is 3. The van der Waals surface area contributed by atoms with Crippen molar-refractivity contribution in [2.24, 2.45) is 10.5 Å². The van der Waals surface area contributed by atoms with Crippen LogP contribution >= 0.6 is 15.9 Å². The molecule has 1 fully saturated rings. The van der Waals surface area contributed by atoms with Crippen LogP contribution in [0.25, 0.3) is 0 Å². The Balaban J connectivity index is 1.36. The van der Waals surface area contributed by atoms with Crippen molar-refractivity contribution in [3.63, 3.8) is 0 Å². The number of piperazine rings is 1. The normalized spacial score (nSPS) is 22.5. The molecule has 3 aliphatic heterocycles. The summed E-state index contributed by atoms with van der Waals surface area (Å²) in [5.41, 5.74) is 4.76. The van der Waals surface area contributed by atoms with E-state index in [1.54, 1.807) is 31.2 Å². The molecule has 0 radical (unpaired) electrons. The van der Waals surface area contributed by atoms with E-state index in [1.807, 2.05) is 13.0 Å². The van der Waals surface area contributed by atoms with Gasteiger partial charge in [0.2, 0.25) is 0 Å². The smallest absolute Gasteiger partial charge is 0.338 e. The van der Waals surface area contributed by atoms with Crippen LogP contribution < -0.4 is 9.91 Å².